The molecule has 0 bridgehead atoms. The first-order chi connectivity index (χ1) is 7.03. The van der Waals surface area contributed by atoms with E-state index in [4.69, 9.17) is 5.11 Å². The largest absolute Gasteiger partial charge is 0.395 e. The third kappa shape index (κ3) is 4.49. The molecule has 0 heterocycles. The summed E-state index contributed by atoms with van der Waals surface area (Å²) in [5.41, 5.74) is 0. The Labute approximate surface area is 93.3 Å². The molecule has 0 aromatic heterocycles. The fourth-order valence-electron chi connectivity index (χ4n) is 1.72. The summed E-state index contributed by atoms with van der Waals surface area (Å²) in [6, 6.07) is 0.0219. The first-order valence-corrected chi connectivity index (χ1v) is 7.24. The van der Waals surface area contributed by atoms with E-state index in [1.54, 1.807) is 0 Å². The highest BCUT2D eigenvalue weighted by Crippen LogP contribution is 2.14. The molecule has 0 saturated carbocycles. The second-order valence-corrected chi connectivity index (χ2v) is 5.66. The van der Waals surface area contributed by atoms with Crippen molar-refractivity contribution in [2.45, 2.75) is 46.1 Å². The van der Waals surface area contributed by atoms with Gasteiger partial charge in [-0.1, -0.05) is 20.8 Å². The van der Waals surface area contributed by atoms with Crippen molar-refractivity contribution in [3.8, 4) is 0 Å². The predicted octanol–water partition coefficient (Wildman–Crippen LogP) is 1.21. The minimum atomic E-state index is -3.18. The molecule has 0 amide bonds. The number of aliphatic hydroxyl groups excluding tert-OH is 1. The first-order valence-electron chi connectivity index (χ1n) is 5.63. The summed E-state index contributed by atoms with van der Waals surface area (Å²) in [7, 11) is -3.18. The quantitative estimate of drug-likeness (QED) is 0.690. The number of sulfonamides is 1. The van der Waals surface area contributed by atoms with Crippen molar-refractivity contribution < 1.29 is 13.5 Å². The van der Waals surface area contributed by atoms with Gasteiger partial charge in [-0.05, 0) is 19.3 Å². The summed E-state index contributed by atoms with van der Waals surface area (Å²) < 4.78 is 25.2. The average molecular weight is 237 g/mol. The molecule has 0 rings (SSSR count). The van der Waals surface area contributed by atoms with Crippen LogP contribution in [0.15, 0.2) is 0 Å². The van der Waals surface area contributed by atoms with Crippen molar-refractivity contribution in [3.05, 3.63) is 0 Å². The second kappa shape index (κ2) is 7.19. The van der Waals surface area contributed by atoms with Crippen molar-refractivity contribution in [2.75, 3.05) is 18.9 Å². The summed E-state index contributed by atoms with van der Waals surface area (Å²) in [5, 5.41) is 8.90. The van der Waals surface area contributed by atoms with E-state index in [0.717, 1.165) is 12.8 Å². The molecule has 0 aromatic carbocycles. The van der Waals surface area contributed by atoms with Crippen molar-refractivity contribution in [1.29, 1.82) is 0 Å². The lowest BCUT2D eigenvalue weighted by atomic mass is 10.2. The van der Waals surface area contributed by atoms with Gasteiger partial charge in [0.15, 0.2) is 0 Å². The molecule has 4 nitrogen and oxygen atoms in total. The van der Waals surface area contributed by atoms with Gasteiger partial charge in [0.05, 0.1) is 12.4 Å². The maximum Gasteiger partial charge on any atom is 0.214 e. The van der Waals surface area contributed by atoms with Gasteiger partial charge < -0.3 is 5.11 Å². The molecule has 0 unspecified atom stereocenters. The van der Waals surface area contributed by atoms with Gasteiger partial charge in [-0.3, -0.25) is 0 Å². The van der Waals surface area contributed by atoms with E-state index in [1.807, 2.05) is 20.8 Å². The number of rotatable bonds is 8. The smallest absolute Gasteiger partial charge is 0.214 e. The first kappa shape index (κ1) is 14.9. The molecule has 0 aliphatic carbocycles. The number of hydrogen-bond donors (Lipinski definition) is 1. The molecule has 0 atom stereocenters. The Bertz CT molecular complexity index is 247. The van der Waals surface area contributed by atoms with E-state index >= 15 is 0 Å². The number of nitrogens with zero attached hydrogens (tertiary/aromatic N) is 1. The zero-order valence-electron chi connectivity index (χ0n) is 9.94. The van der Waals surface area contributed by atoms with Crippen LogP contribution in [-0.2, 0) is 10.0 Å². The van der Waals surface area contributed by atoms with Gasteiger partial charge in [0, 0.05) is 12.6 Å². The van der Waals surface area contributed by atoms with E-state index in [2.05, 4.69) is 0 Å². The highest BCUT2D eigenvalue weighted by Gasteiger charge is 2.26. The van der Waals surface area contributed by atoms with Gasteiger partial charge in [0.1, 0.15) is 0 Å². The standard InChI is InChI=1S/C10H23NO3S/c1-4-9-15(13,14)11(7-8-12)10(5-2)6-3/h10,12H,4-9H2,1-3H3. The van der Waals surface area contributed by atoms with Crippen molar-refractivity contribution in [2.24, 2.45) is 0 Å². The Hall–Kier alpha value is -0.130. The van der Waals surface area contributed by atoms with Crippen molar-refractivity contribution >= 4 is 10.0 Å². The second-order valence-electron chi connectivity index (χ2n) is 3.62. The predicted molar refractivity (Wildman–Crippen MR) is 62.2 cm³/mol. The normalized spacial score (nSPS) is 12.7. The molecule has 0 fully saturated rings. The van der Waals surface area contributed by atoms with Crippen LogP contribution in [0.5, 0.6) is 0 Å². The fourth-order valence-corrected chi connectivity index (χ4v) is 3.58. The zero-order valence-corrected chi connectivity index (χ0v) is 10.8. The highest BCUT2D eigenvalue weighted by molar-refractivity contribution is 7.89. The number of aliphatic hydroxyl groups is 1. The highest BCUT2D eigenvalue weighted by atomic mass is 32.2. The summed E-state index contributed by atoms with van der Waals surface area (Å²) >= 11 is 0. The van der Waals surface area contributed by atoms with Gasteiger partial charge in [-0.15, -0.1) is 0 Å². The average Bonchev–Trinajstić information content (AvgIpc) is 2.18. The third-order valence-electron chi connectivity index (χ3n) is 2.49. The lowest BCUT2D eigenvalue weighted by Gasteiger charge is -2.28. The van der Waals surface area contributed by atoms with E-state index in [0.29, 0.717) is 6.42 Å². The fraction of sp³-hybridized carbons (Fsp3) is 1.00. The molecule has 0 saturated heterocycles. The minimum Gasteiger partial charge on any atom is -0.395 e. The molecule has 0 aromatic rings. The Morgan fingerprint density at radius 2 is 1.73 bits per heavy atom. The Morgan fingerprint density at radius 1 is 1.20 bits per heavy atom. The van der Waals surface area contributed by atoms with Crippen LogP contribution in [0.2, 0.25) is 0 Å². The number of hydrogen-bond acceptors (Lipinski definition) is 3. The lowest BCUT2D eigenvalue weighted by molar-refractivity contribution is 0.219. The van der Waals surface area contributed by atoms with Gasteiger partial charge in [-0.25, -0.2) is 8.42 Å². The maximum absolute atomic E-state index is 11.9. The van der Waals surface area contributed by atoms with E-state index < -0.39 is 10.0 Å². The molecule has 0 radical (unpaired) electrons. The van der Waals surface area contributed by atoms with Crippen LogP contribution in [0.3, 0.4) is 0 Å². The summed E-state index contributed by atoms with van der Waals surface area (Å²) in [6.45, 7) is 5.90. The molecule has 0 aliphatic rings. The Kier molecular flexibility index (Phi) is 7.13. The van der Waals surface area contributed by atoms with E-state index in [-0.39, 0.29) is 24.9 Å². The van der Waals surface area contributed by atoms with Crippen LogP contribution in [-0.4, -0.2) is 42.8 Å². The van der Waals surface area contributed by atoms with Crippen molar-refractivity contribution in [3.63, 3.8) is 0 Å². The lowest BCUT2D eigenvalue weighted by Crippen LogP contribution is -2.42. The van der Waals surface area contributed by atoms with Gasteiger partial charge in [0.2, 0.25) is 10.0 Å². The Balaban J connectivity index is 4.77. The monoisotopic (exact) mass is 237 g/mol. The van der Waals surface area contributed by atoms with E-state index in [9.17, 15) is 8.42 Å². The summed E-state index contributed by atoms with van der Waals surface area (Å²) in [5.74, 6) is 0.170. The molecule has 15 heavy (non-hydrogen) atoms. The van der Waals surface area contributed by atoms with Gasteiger partial charge in [0.25, 0.3) is 0 Å². The van der Waals surface area contributed by atoms with Crippen molar-refractivity contribution in [1.82, 2.24) is 4.31 Å². The molecule has 1 N–H and O–H groups in total. The third-order valence-corrected chi connectivity index (χ3v) is 4.61. The van der Waals surface area contributed by atoms with Gasteiger partial charge in [-0.2, -0.15) is 4.31 Å². The summed E-state index contributed by atoms with van der Waals surface area (Å²) in [6.07, 6.45) is 2.20. The van der Waals surface area contributed by atoms with Crippen LogP contribution in [0.1, 0.15) is 40.0 Å². The zero-order chi connectivity index (χ0) is 11.9. The van der Waals surface area contributed by atoms with Crippen LogP contribution in [0.4, 0.5) is 0 Å². The molecule has 0 aliphatic heterocycles. The molecular formula is C10H23NO3S. The van der Waals surface area contributed by atoms with Crippen LogP contribution >= 0.6 is 0 Å². The molecule has 92 valence electrons. The topological polar surface area (TPSA) is 57.6 Å². The Morgan fingerprint density at radius 3 is 2.07 bits per heavy atom. The van der Waals surface area contributed by atoms with Crippen LogP contribution in [0.25, 0.3) is 0 Å². The maximum atomic E-state index is 11.9. The SMILES string of the molecule is CCCS(=O)(=O)N(CCO)C(CC)CC. The molecular weight excluding hydrogens is 214 g/mol. The van der Waals surface area contributed by atoms with Crippen LogP contribution < -0.4 is 0 Å². The summed E-state index contributed by atoms with van der Waals surface area (Å²) in [4.78, 5) is 0. The van der Waals surface area contributed by atoms with Crippen LogP contribution in [0, 0.1) is 0 Å². The molecule has 5 heteroatoms. The van der Waals surface area contributed by atoms with E-state index in [1.165, 1.54) is 4.31 Å². The molecule has 0 spiro atoms. The minimum absolute atomic E-state index is 0.0219. The van der Waals surface area contributed by atoms with Gasteiger partial charge >= 0.3 is 0 Å².